The molecule has 1 rings (SSSR count). The summed E-state index contributed by atoms with van der Waals surface area (Å²) in [4.78, 5) is 11.3. The lowest BCUT2D eigenvalue weighted by atomic mass is 9.93. The smallest absolute Gasteiger partial charge is 0.315 e. The van der Waals surface area contributed by atoms with E-state index in [4.69, 9.17) is 16.3 Å². The molecule has 0 bridgehead atoms. The zero-order valence-electron chi connectivity index (χ0n) is 9.09. The van der Waals surface area contributed by atoms with Gasteiger partial charge in [-0.25, -0.2) is 4.79 Å². The first-order chi connectivity index (χ1) is 7.26. The molecule has 2 amide bonds. The molecule has 0 aromatic heterocycles. The van der Waals surface area contributed by atoms with E-state index in [1.54, 1.807) is 7.11 Å². The number of carbonyl (C=O) groups excluding carboxylic acids is 1. The fraction of sp³-hybridized carbons (Fsp3) is 0.900. The van der Waals surface area contributed by atoms with E-state index in [2.05, 4.69) is 10.6 Å². The van der Waals surface area contributed by atoms with E-state index in [-0.39, 0.29) is 12.1 Å². The molecule has 15 heavy (non-hydrogen) atoms. The number of hydrogen-bond acceptors (Lipinski definition) is 2. The van der Waals surface area contributed by atoms with Crippen LogP contribution in [0.3, 0.4) is 0 Å². The predicted molar refractivity (Wildman–Crippen MR) is 60.3 cm³/mol. The Morgan fingerprint density at radius 2 is 2.07 bits per heavy atom. The van der Waals surface area contributed by atoms with Crippen LogP contribution < -0.4 is 10.6 Å². The van der Waals surface area contributed by atoms with Crippen molar-refractivity contribution in [3.05, 3.63) is 0 Å². The van der Waals surface area contributed by atoms with Crippen molar-refractivity contribution in [3.63, 3.8) is 0 Å². The number of halogens is 1. The van der Waals surface area contributed by atoms with Crippen LogP contribution in [0, 0.1) is 0 Å². The van der Waals surface area contributed by atoms with Crippen LogP contribution in [-0.4, -0.2) is 37.7 Å². The quantitative estimate of drug-likeness (QED) is 0.724. The standard InChI is InChI=1S/C10H19ClN2O2/c1-15-9-4-2-8(3-5-9)13-10(14)12-7-6-11/h8-9H,2-7H2,1H3,(H2,12,13,14). The van der Waals surface area contributed by atoms with Gasteiger partial charge in [-0.05, 0) is 25.7 Å². The van der Waals surface area contributed by atoms with Gasteiger partial charge in [0.05, 0.1) is 6.10 Å². The number of urea groups is 1. The molecule has 0 heterocycles. The van der Waals surface area contributed by atoms with Crippen molar-refractivity contribution in [2.75, 3.05) is 19.5 Å². The molecule has 0 aliphatic heterocycles. The van der Waals surface area contributed by atoms with Crippen molar-refractivity contribution < 1.29 is 9.53 Å². The zero-order chi connectivity index (χ0) is 11.1. The third-order valence-electron chi connectivity index (χ3n) is 2.72. The molecule has 0 saturated heterocycles. The summed E-state index contributed by atoms with van der Waals surface area (Å²) in [5, 5.41) is 5.63. The van der Waals surface area contributed by atoms with Gasteiger partial charge in [0, 0.05) is 25.6 Å². The molecule has 4 nitrogen and oxygen atoms in total. The summed E-state index contributed by atoms with van der Waals surface area (Å²) in [5.41, 5.74) is 0. The van der Waals surface area contributed by atoms with E-state index in [1.807, 2.05) is 0 Å². The van der Waals surface area contributed by atoms with Gasteiger partial charge in [-0.3, -0.25) is 0 Å². The Kier molecular flexibility index (Phi) is 5.79. The highest BCUT2D eigenvalue weighted by atomic mass is 35.5. The summed E-state index contributed by atoms with van der Waals surface area (Å²) in [6.45, 7) is 0.515. The predicted octanol–water partition coefficient (Wildman–Crippen LogP) is 1.48. The van der Waals surface area contributed by atoms with Gasteiger partial charge in [0.25, 0.3) is 0 Å². The topological polar surface area (TPSA) is 50.4 Å². The summed E-state index contributed by atoms with van der Waals surface area (Å²) in [7, 11) is 1.74. The highest BCUT2D eigenvalue weighted by molar-refractivity contribution is 6.18. The summed E-state index contributed by atoms with van der Waals surface area (Å²) in [6, 6.07) is 0.170. The first-order valence-corrected chi connectivity index (χ1v) is 5.93. The van der Waals surface area contributed by atoms with Crippen LogP contribution in [0.25, 0.3) is 0 Å². The van der Waals surface area contributed by atoms with Crippen LogP contribution >= 0.6 is 11.6 Å². The summed E-state index contributed by atoms with van der Waals surface area (Å²) in [5.74, 6) is 0.448. The Bertz CT molecular complexity index is 194. The van der Waals surface area contributed by atoms with Gasteiger partial charge in [-0.15, -0.1) is 11.6 Å². The molecule has 2 N–H and O–H groups in total. The lowest BCUT2D eigenvalue weighted by Crippen LogP contribution is -2.44. The molecule has 0 radical (unpaired) electrons. The number of ether oxygens (including phenoxy) is 1. The number of rotatable bonds is 4. The third-order valence-corrected chi connectivity index (χ3v) is 2.91. The fourth-order valence-corrected chi connectivity index (χ4v) is 1.93. The molecular weight excluding hydrogens is 216 g/mol. The summed E-state index contributed by atoms with van der Waals surface area (Å²) >= 11 is 5.47. The Hall–Kier alpha value is -0.480. The number of hydrogen-bond donors (Lipinski definition) is 2. The lowest BCUT2D eigenvalue weighted by molar-refractivity contribution is 0.0635. The number of carbonyl (C=O) groups is 1. The second-order valence-corrected chi connectivity index (χ2v) is 4.18. The molecule has 1 saturated carbocycles. The molecule has 0 unspecified atom stereocenters. The van der Waals surface area contributed by atoms with Gasteiger partial charge in [0.1, 0.15) is 0 Å². The Balaban J connectivity index is 2.15. The van der Waals surface area contributed by atoms with E-state index in [0.717, 1.165) is 25.7 Å². The average molecular weight is 235 g/mol. The Morgan fingerprint density at radius 3 is 2.60 bits per heavy atom. The van der Waals surface area contributed by atoms with Crippen molar-refractivity contribution in [1.82, 2.24) is 10.6 Å². The molecular formula is C10H19ClN2O2. The van der Waals surface area contributed by atoms with Crippen LogP contribution in [-0.2, 0) is 4.74 Å². The van der Waals surface area contributed by atoms with E-state index in [1.165, 1.54) is 0 Å². The first kappa shape index (κ1) is 12.6. The maximum atomic E-state index is 11.3. The van der Waals surface area contributed by atoms with E-state index in [0.29, 0.717) is 18.5 Å². The Morgan fingerprint density at radius 1 is 1.40 bits per heavy atom. The van der Waals surface area contributed by atoms with Crippen LogP contribution in [0.1, 0.15) is 25.7 Å². The third kappa shape index (κ3) is 4.71. The van der Waals surface area contributed by atoms with Crippen LogP contribution in [0.15, 0.2) is 0 Å². The molecule has 0 aromatic rings. The summed E-state index contributed by atoms with van der Waals surface area (Å²) < 4.78 is 5.26. The largest absolute Gasteiger partial charge is 0.381 e. The molecule has 1 aliphatic rings. The molecule has 1 aliphatic carbocycles. The molecule has 88 valence electrons. The molecule has 5 heteroatoms. The van der Waals surface area contributed by atoms with Crippen molar-refractivity contribution in [2.45, 2.75) is 37.8 Å². The molecule has 0 atom stereocenters. The van der Waals surface area contributed by atoms with Crippen LogP contribution in [0.5, 0.6) is 0 Å². The average Bonchev–Trinajstić information content (AvgIpc) is 2.27. The lowest BCUT2D eigenvalue weighted by Gasteiger charge is -2.28. The van der Waals surface area contributed by atoms with E-state index in [9.17, 15) is 4.79 Å². The van der Waals surface area contributed by atoms with Crippen molar-refractivity contribution in [2.24, 2.45) is 0 Å². The first-order valence-electron chi connectivity index (χ1n) is 5.39. The van der Waals surface area contributed by atoms with Crippen LogP contribution in [0.4, 0.5) is 4.79 Å². The van der Waals surface area contributed by atoms with Gasteiger partial charge in [-0.1, -0.05) is 0 Å². The number of methoxy groups -OCH3 is 1. The van der Waals surface area contributed by atoms with E-state index < -0.39 is 0 Å². The fourth-order valence-electron chi connectivity index (χ4n) is 1.84. The van der Waals surface area contributed by atoms with Gasteiger partial charge in [0.15, 0.2) is 0 Å². The van der Waals surface area contributed by atoms with Crippen molar-refractivity contribution in [3.8, 4) is 0 Å². The maximum Gasteiger partial charge on any atom is 0.315 e. The minimum Gasteiger partial charge on any atom is -0.381 e. The van der Waals surface area contributed by atoms with Gasteiger partial charge in [-0.2, -0.15) is 0 Å². The molecule has 0 aromatic carbocycles. The van der Waals surface area contributed by atoms with Crippen LogP contribution in [0.2, 0.25) is 0 Å². The monoisotopic (exact) mass is 234 g/mol. The number of nitrogens with one attached hydrogen (secondary N) is 2. The zero-order valence-corrected chi connectivity index (χ0v) is 9.85. The minimum absolute atomic E-state index is 0.114. The minimum atomic E-state index is -0.114. The highest BCUT2D eigenvalue weighted by Gasteiger charge is 2.21. The number of alkyl halides is 1. The second-order valence-electron chi connectivity index (χ2n) is 3.80. The molecule has 1 fully saturated rings. The second kappa shape index (κ2) is 6.90. The summed E-state index contributed by atoms with van der Waals surface area (Å²) in [6.07, 6.45) is 4.40. The van der Waals surface area contributed by atoms with Gasteiger partial charge >= 0.3 is 6.03 Å². The SMILES string of the molecule is COC1CCC(NC(=O)NCCCl)CC1. The van der Waals surface area contributed by atoms with Gasteiger partial charge in [0.2, 0.25) is 0 Å². The Labute approximate surface area is 95.7 Å². The van der Waals surface area contributed by atoms with E-state index >= 15 is 0 Å². The number of amides is 2. The maximum absolute atomic E-state index is 11.3. The van der Waals surface area contributed by atoms with Crippen molar-refractivity contribution >= 4 is 17.6 Å². The van der Waals surface area contributed by atoms with Crippen molar-refractivity contribution in [1.29, 1.82) is 0 Å². The highest BCUT2D eigenvalue weighted by Crippen LogP contribution is 2.20. The molecule has 0 spiro atoms. The normalized spacial score (nSPS) is 26.0. The van der Waals surface area contributed by atoms with Gasteiger partial charge < -0.3 is 15.4 Å².